The van der Waals surface area contributed by atoms with Crippen LogP contribution in [0.25, 0.3) is 10.1 Å². The van der Waals surface area contributed by atoms with Crippen LogP contribution in [0.1, 0.15) is 42.1 Å². The van der Waals surface area contributed by atoms with Gasteiger partial charge in [-0.2, -0.15) is 0 Å². The third-order valence-electron chi connectivity index (χ3n) is 6.20. The van der Waals surface area contributed by atoms with Crippen LogP contribution in [0.4, 0.5) is 0 Å². The zero-order valence-corrected chi connectivity index (χ0v) is 19.9. The molecule has 6 nitrogen and oxygen atoms in total. The summed E-state index contributed by atoms with van der Waals surface area (Å²) in [6.07, 6.45) is 0.866. The maximum atomic E-state index is 13.7. The van der Waals surface area contributed by atoms with E-state index in [-0.39, 0.29) is 24.8 Å². The molecule has 1 saturated heterocycles. The average molecular weight is 485 g/mol. The first-order chi connectivity index (χ1) is 15.8. The Labute approximate surface area is 201 Å². The summed E-state index contributed by atoms with van der Waals surface area (Å²) < 4.78 is 1.03. The molecule has 0 aliphatic carbocycles. The van der Waals surface area contributed by atoms with Crippen molar-refractivity contribution in [3.05, 3.63) is 70.1 Å². The number of fused-ring (bicyclic) bond motifs is 1. The van der Waals surface area contributed by atoms with Crippen molar-refractivity contribution in [3.63, 3.8) is 0 Å². The van der Waals surface area contributed by atoms with Gasteiger partial charge in [0.25, 0.3) is 5.91 Å². The highest BCUT2D eigenvalue weighted by atomic mass is 35.5. The Morgan fingerprint density at radius 3 is 2.67 bits per heavy atom. The Morgan fingerprint density at radius 2 is 1.97 bits per heavy atom. The molecule has 1 N–H and O–H groups in total. The van der Waals surface area contributed by atoms with E-state index >= 15 is 0 Å². The quantitative estimate of drug-likeness (QED) is 0.485. The standard InChI is InChI=1S/C25H25ClN2O4S/c1-25(11-13-28(25)23(31)20-16-33-21-9-3-2-8-19(20)21)24(32)27(12-5-10-22(29)30)15-17-6-4-7-18(26)14-17/h2-4,6-9,14,16H,5,10-13,15H2,1H3,(H,29,30)/t25-/m0/s1. The lowest BCUT2D eigenvalue weighted by molar-refractivity contribution is -0.150. The van der Waals surface area contributed by atoms with Crippen molar-refractivity contribution in [2.45, 2.75) is 38.3 Å². The van der Waals surface area contributed by atoms with E-state index in [9.17, 15) is 14.4 Å². The number of carbonyl (C=O) groups excluding carboxylic acids is 2. The summed E-state index contributed by atoms with van der Waals surface area (Å²) in [7, 11) is 0. The van der Waals surface area contributed by atoms with Gasteiger partial charge < -0.3 is 14.9 Å². The van der Waals surface area contributed by atoms with Crippen LogP contribution in [-0.4, -0.2) is 51.3 Å². The first kappa shape index (κ1) is 23.3. The van der Waals surface area contributed by atoms with E-state index < -0.39 is 11.5 Å². The molecule has 8 heteroatoms. The van der Waals surface area contributed by atoms with E-state index in [4.69, 9.17) is 16.7 Å². The van der Waals surface area contributed by atoms with Crippen LogP contribution in [0.5, 0.6) is 0 Å². The van der Waals surface area contributed by atoms with E-state index in [1.807, 2.05) is 41.8 Å². The second-order valence-electron chi connectivity index (χ2n) is 8.48. The molecule has 1 aliphatic heterocycles. The molecule has 0 saturated carbocycles. The van der Waals surface area contributed by atoms with Crippen LogP contribution < -0.4 is 0 Å². The normalized spacial score (nSPS) is 17.6. The maximum Gasteiger partial charge on any atom is 0.303 e. The monoisotopic (exact) mass is 484 g/mol. The summed E-state index contributed by atoms with van der Waals surface area (Å²) in [6.45, 7) is 2.90. The van der Waals surface area contributed by atoms with E-state index in [1.165, 1.54) is 11.3 Å². The smallest absolute Gasteiger partial charge is 0.303 e. The van der Waals surface area contributed by atoms with Gasteiger partial charge in [0.05, 0.1) is 5.56 Å². The Bertz CT molecular complexity index is 1210. The molecule has 0 spiro atoms. The first-order valence-electron chi connectivity index (χ1n) is 10.8. The molecule has 2 amide bonds. The van der Waals surface area contributed by atoms with Crippen molar-refractivity contribution < 1.29 is 19.5 Å². The molecular weight excluding hydrogens is 460 g/mol. The number of benzene rings is 2. The van der Waals surface area contributed by atoms with E-state index in [0.29, 0.717) is 36.5 Å². The number of likely N-dealkylation sites (tertiary alicyclic amines) is 1. The molecule has 1 atom stereocenters. The third-order valence-corrected chi connectivity index (χ3v) is 7.40. The highest BCUT2D eigenvalue weighted by Crippen LogP contribution is 2.37. The lowest BCUT2D eigenvalue weighted by Gasteiger charge is -2.51. The van der Waals surface area contributed by atoms with Gasteiger partial charge in [-0.1, -0.05) is 41.9 Å². The van der Waals surface area contributed by atoms with Gasteiger partial charge in [0.15, 0.2) is 0 Å². The highest BCUT2D eigenvalue weighted by molar-refractivity contribution is 7.17. The van der Waals surface area contributed by atoms with Crippen LogP contribution in [0, 0.1) is 0 Å². The molecule has 0 bridgehead atoms. The number of carboxylic acids is 1. The van der Waals surface area contributed by atoms with Crippen LogP contribution in [0.15, 0.2) is 53.9 Å². The third kappa shape index (κ3) is 4.75. The molecule has 4 rings (SSSR count). The van der Waals surface area contributed by atoms with Gasteiger partial charge in [-0.05, 0) is 43.5 Å². The number of carboxylic acid groups (broad SMARTS) is 1. The Morgan fingerprint density at radius 1 is 1.18 bits per heavy atom. The van der Waals surface area contributed by atoms with Gasteiger partial charge in [0, 0.05) is 46.5 Å². The summed E-state index contributed by atoms with van der Waals surface area (Å²) in [5, 5.41) is 12.4. The summed E-state index contributed by atoms with van der Waals surface area (Å²) in [4.78, 5) is 41.5. The van der Waals surface area contributed by atoms with E-state index in [0.717, 1.165) is 15.6 Å². The first-order valence-corrected chi connectivity index (χ1v) is 12.1. The molecule has 2 heterocycles. The van der Waals surface area contributed by atoms with Gasteiger partial charge in [-0.15, -0.1) is 11.3 Å². The Hall–Kier alpha value is -2.90. The van der Waals surface area contributed by atoms with Crippen LogP contribution >= 0.6 is 22.9 Å². The van der Waals surface area contributed by atoms with Gasteiger partial charge in [0.1, 0.15) is 5.54 Å². The Kier molecular flexibility index (Phi) is 6.72. The van der Waals surface area contributed by atoms with Crippen LogP contribution in [0.2, 0.25) is 5.02 Å². The largest absolute Gasteiger partial charge is 0.481 e. The molecule has 33 heavy (non-hydrogen) atoms. The lowest BCUT2D eigenvalue weighted by atomic mass is 9.84. The second kappa shape index (κ2) is 9.53. The van der Waals surface area contributed by atoms with Crippen molar-refractivity contribution in [3.8, 4) is 0 Å². The fraction of sp³-hybridized carbons (Fsp3) is 0.320. The maximum absolute atomic E-state index is 13.7. The minimum Gasteiger partial charge on any atom is -0.481 e. The zero-order valence-electron chi connectivity index (χ0n) is 18.3. The number of aliphatic carboxylic acids is 1. The molecule has 3 aromatic rings. The zero-order chi connectivity index (χ0) is 23.6. The minimum absolute atomic E-state index is 0.0282. The number of carbonyl (C=O) groups is 3. The molecule has 1 fully saturated rings. The number of thiophene rings is 1. The van der Waals surface area contributed by atoms with Crippen LogP contribution in [0.3, 0.4) is 0 Å². The van der Waals surface area contributed by atoms with Crippen molar-refractivity contribution in [1.29, 1.82) is 0 Å². The molecule has 172 valence electrons. The number of hydrogen-bond donors (Lipinski definition) is 1. The number of nitrogens with zero attached hydrogens (tertiary/aromatic N) is 2. The molecule has 0 radical (unpaired) electrons. The van der Waals surface area contributed by atoms with Gasteiger partial charge in [-0.25, -0.2) is 0 Å². The van der Waals surface area contributed by atoms with Gasteiger partial charge in [-0.3, -0.25) is 14.4 Å². The van der Waals surface area contributed by atoms with E-state index in [2.05, 4.69) is 0 Å². The van der Waals surface area contributed by atoms with E-state index in [1.54, 1.807) is 28.9 Å². The van der Waals surface area contributed by atoms with Gasteiger partial charge >= 0.3 is 5.97 Å². The number of amides is 2. The SMILES string of the molecule is C[C@@]1(C(=O)N(CCCC(=O)O)Cc2cccc(Cl)c2)CCN1C(=O)c1csc2ccccc12. The second-order valence-corrected chi connectivity index (χ2v) is 9.83. The molecular formula is C25H25ClN2O4S. The predicted molar refractivity (Wildman–Crippen MR) is 130 cm³/mol. The minimum atomic E-state index is -0.970. The van der Waals surface area contributed by atoms with Crippen LogP contribution in [-0.2, 0) is 16.1 Å². The summed E-state index contributed by atoms with van der Waals surface area (Å²) in [5.74, 6) is -1.23. The number of hydrogen-bond acceptors (Lipinski definition) is 4. The molecule has 2 aromatic carbocycles. The summed E-state index contributed by atoms with van der Waals surface area (Å²) in [6, 6.07) is 15.0. The highest BCUT2D eigenvalue weighted by Gasteiger charge is 2.51. The van der Waals surface area contributed by atoms with Crippen molar-refractivity contribution in [1.82, 2.24) is 9.80 Å². The summed E-state index contributed by atoms with van der Waals surface area (Å²) >= 11 is 7.63. The average Bonchev–Trinajstić information content (AvgIpc) is 3.21. The molecule has 1 aromatic heterocycles. The fourth-order valence-electron chi connectivity index (χ4n) is 4.27. The molecule has 0 unspecified atom stereocenters. The van der Waals surface area contributed by atoms with Crippen molar-refractivity contribution >= 4 is 50.8 Å². The summed E-state index contributed by atoms with van der Waals surface area (Å²) in [5.41, 5.74) is 0.499. The number of halogens is 1. The Balaban J connectivity index is 1.57. The molecule has 1 aliphatic rings. The van der Waals surface area contributed by atoms with Crippen molar-refractivity contribution in [2.75, 3.05) is 13.1 Å². The lowest BCUT2D eigenvalue weighted by Crippen LogP contribution is -2.67. The van der Waals surface area contributed by atoms with Crippen molar-refractivity contribution in [2.24, 2.45) is 0 Å². The van der Waals surface area contributed by atoms with Gasteiger partial charge in [0.2, 0.25) is 5.91 Å². The fourth-order valence-corrected chi connectivity index (χ4v) is 5.41. The topological polar surface area (TPSA) is 77.9 Å². The number of rotatable bonds is 8. The predicted octanol–water partition coefficient (Wildman–Crippen LogP) is 5.05.